The molecule has 0 bridgehead atoms. The molecule has 4 aliphatic heterocycles. The lowest BCUT2D eigenvalue weighted by Crippen LogP contribution is -2.71. The van der Waals surface area contributed by atoms with Crippen LogP contribution in [0.2, 0.25) is 0 Å². The number of hydrogen-bond donors (Lipinski definition) is 21. The van der Waals surface area contributed by atoms with E-state index in [4.69, 9.17) is 37.9 Å². The summed E-state index contributed by atoms with van der Waals surface area (Å²) in [6.07, 6.45) is -44.6. The summed E-state index contributed by atoms with van der Waals surface area (Å²) < 4.78 is 83.0. The highest BCUT2D eigenvalue weighted by Crippen LogP contribution is 2.39. The number of carbonyl (C=O) groups excluding carboxylic acids is 4. The van der Waals surface area contributed by atoms with Crippen LogP contribution in [0.1, 0.15) is 27.2 Å². The van der Waals surface area contributed by atoms with Gasteiger partial charge < -0.3 is 141 Å². The van der Waals surface area contributed by atoms with Crippen molar-refractivity contribution in [2.75, 3.05) is 46.2 Å². The summed E-state index contributed by atoms with van der Waals surface area (Å²) in [7, 11) is -5.44. The molecule has 4 heterocycles. The highest BCUT2D eigenvalue weighted by molar-refractivity contribution is 7.80. The Balaban J connectivity index is 1.68. The molecule has 0 saturated carbocycles. The molecule has 0 radical (unpaired) electrons. The molecule has 458 valence electrons. The summed E-state index contributed by atoms with van der Waals surface area (Å²) in [6.45, 7) is -5.33. The molecule has 4 saturated heterocycles. The van der Waals surface area contributed by atoms with Crippen LogP contribution in [0, 0.1) is 0 Å². The van der Waals surface area contributed by atoms with Gasteiger partial charge in [-0.25, -0.2) is 8.98 Å². The van der Waals surface area contributed by atoms with Gasteiger partial charge in [0.2, 0.25) is 23.6 Å². The van der Waals surface area contributed by atoms with Crippen molar-refractivity contribution >= 4 is 40.0 Å². The smallest absolute Gasteiger partial charge is 0.397 e. The number of ether oxygens (including phenoxy) is 8. The Bertz CT molecular complexity index is 2120. The Morgan fingerprint density at radius 2 is 1.24 bits per heavy atom. The standard InChI is InChI=1S/C41H70N4O33S/c1-12(51)42-15(5-46)33(75-38-24(43-13(2)52)30(62)28(60)19(7-48)72-38)27(59)18(56)10-70-37-25(44-14(3)53)31(63)34(21(74-37)11-71-79(67,68)69)76-39-32(64)36(29(61)20(8-49)73-39)78-41(40(65)66)4-16(54)23(45-22(57)9-50)35(77-41)26(58)17(55)6-47/h15-21,23-39,46-50,54-56,58-64H,4-11H2,1-3H3,(H,42,51)(H,43,52)(H,44,53)(H,45,57)(H,65,66)(H,67,68,69)/t15-,16-,17+,18+,19+,20+,21+,23+,24+,25+,26+,27-,28+,29-,30+,31+,32+,33+,34+,35+,36-,37+,38-,39-,41-/m0/s1. The third-order valence-corrected chi connectivity index (χ3v) is 13.3. The summed E-state index contributed by atoms with van der Waals surface area (Å²) in [5, 5.41) is 180. The number of aliphatic carboxylic acids is 1. The van der Waals surface area contributed by atoms with E-state index < -0.39 is 245 Å². The fraction of sp³-hybridized carbons (Fsp3) is 0.878. The van der Waals surface area contributed by atoms with E-state index in [-0.39, 0.29) is 0 Å². The highest BCUT2D eigenvalue weighted by Gasteiger charge is 2.61. The number of aliphatic hydroxyl groups is 15. The molecule has 0 aromatic heterocycles. The molecule has 4 rings (SSSR count). The average molecular weight is 1180 g/mol. The monoisotopic (exact) mass is 1180 g/mol. The van der Waals surface area contributed by atoms with Crippen molar-refractivity contribution in [3.63, 3.8) is 0 Å². The maximum absolute atomic E-state index is 13.0. The van der Waals surface area contributed by atoms with Gasteiger partial charge in [0, 0.05) is 27.2 Å². The molecule has 38 heteroatoms. The minimum atomic E-state index is -5.44. The van der Waals surface area contributed by atoms with Gasteiger partial charge >= 0.3 is 16.4 Å². The maximum atomic E-state index is 13.0. The lowest BCUT2D eigenvalue weighted by molar-refractivity contribution is -0.383. The van der Waals surface area contributed by atoms with Crippen molar-refractivity contribution in [3.8, 4) is 0 Å². The van der Waals surface area contributed by atoms with Crippen LogP contribution in [0.4, 0.5) is 0 Å². The Hall–Kier alpha value is -3.70. The zero-order chi connectivity index (χ0) is 59.6. The Morgan fingerprint density at radius 3 is 1.76 bits per heavy atom. The van der Waals surface area contributed by atoms with E-state index in [1.165, 1.54) is 0 Å². The van der Waals surface area contributed by atoms with Crippen molar-refractivity contribution in [3.05, 3.63) is 0 Å². The molecule has 0 unspecified atom stereocenters. The predicted octanol–water partition coefficient (Wildman–Crippen LogP) is -13.7. The number of aliphatic hydroxyl groups excluding tert-OH is 15. The van der Waals surface area contributed by atoms with Crippen LogP contribution in [-0.2, 0) is 76.4 Å². The zero-order valence-electron chi connectivity index (χ0n) is 42.1. The molecule has 79 heavy (non-hydrogen) atoms. The van der Waals surface area contributed by atoms with Crippen molar-refractivity contribution in [2.45, 2.75) is 180 Å². The Kier molecular flexibility index (Phi) is 25.3. The van der Waals surface area contributed by atoms with Crippen LogP contribution in [0.5, 0.6) is 0 Å². The van der Waals surface area contributed by atoms with E-state index in [1.807, 2.05) is 5.32 Å². The quantitative estimate of drug-likeness (QED) is 0.0340. The number of carbonyl (C=O) groups is 5. The van der Waals surface area contributed by atoms with Crippen molar-refractivity contribution in [2.24, 2.45) is 0 Å². The van der Waals surface area contributed by atoms with E-state index in [0.29, 0.717) is 0 Å². The maximum Gasteiger partial charge on any atom is 0.397 e. The molecule has 0 aliphatic carbocycles. The number of nitrogens with one attached hydrogen (secondary N) is 4. The van der Waals surface area contributed by atoms with Crippen LogP contribution in [0.3, 0.4) is 0 Å². The Labute approximate surface area is 447 Å². The summed E-state index contributed by atoms with van der Waals surface area (Å²) >= 11 is 0. The number of carboxylic acid groups (broad SMARTS) is 1. The zero-order valence-corrected chi connectivity index (χ0v) is 42.9. The van der Waals surface area contributed by atoms with E-state index in [9.17, 15) is 119 Å². The summed E-state index contributed by atoms with van der Waals surface area (Å²) in [5.74, 6) is -9.35. The first-order chi connectivity index (χ1) is 36.9. The lowest BCUT2D eigenvalue weighted by Gasteiger charge is -2.51. The molecule has 0 spiro atoms. The molecule has 4 fully saturated rings. The van der Waals surface area contributed by atoms with Gasteiger partial charge in [-0.15, -0.1) is 0 Å². The second-order valence-corrected chi connectivity index (χ2v) is 19.8. The molecule has 4 aliphatic rings. The van der Waals surface area contributed by atoms with Gasteiger partial charge in [-0.2, -0.15) is 8.42 Å². The molecule has 25 atom stereocenters. The summed E-state index contributed by atoms with van der Waals surface area (Å²) in [4.78, 5) is 62.1. The fourth-order valence-electron chi connectivity index (χ4n) is 8.99. The van der Waals surface area contributed by atoms with Gasteiger partial charge in [0.25, 0.3) is 5.79 Å². The van der Waals surface area contributed by atoms with E-state index >= 15 is 0 Å². The second kappa shape index (κ2) is 29.5. The first-order valence-corrected chi connectivity index (χ1v) is 25.3. The van der Waals surface area contributed by atoms with Crippen molar-refractivity contribution < 1.29 is 161 Å². The largest absolute Gasteiger partial charge is 0.477 e. The predicted molar refractivity (Wildman–Crippen MR) is 244 cm³/mol. The van der Waals surface area contributed by atoms with Crippen LogP contribution >= 0.6 is 0 Å². The number of amides is 4. The first kappa shape index (κ1) is 67.8. The van der Waals surface area contributed by atoms with E-state index in [2.05, 4.69) is 20.1 Å². The third kappa shape index (κ3) is 17.2. The van der Waals surface area contributed by atoms with Gasteiger partial charge in [0.1, 0.15) is 116 Å². The summed E-state index contributed by atoms with van der Waals surface area (Å²) in [6, 6.07) is -7.17. The normalized spacial score (nSPS) is 37.6. The molecule has 37 nitrogen and oxygen atoms in total. The highest BCUT2D eigenvalue weighted by atomic mass is 32.3. The minimum absolute atomic E-state index is 0.814. The van der Waals surface area contributed by atoms with Gasteiger partial charge in [0.15, 0.2) is 18.9 Å². The van der Waals surface area contributed by atoms with E-state index in [1.54, 1.807) is 0 Å². The average Bonchev–Trinajstić information content (AvgIpc) is 3.49. The molecule has 4 amide bonds. The second-order valence-electron chi connectivity index (χ2n) is 18.7. The number of rotatable bonds is 27. The summed E-state index contributed by atoms with van der Waals surface area (Å²) in [5.41, 5.74) is 0. The third-order valence-electron chi connectivity index (χ3n) is 12.8. The van der Waals surface area contributed by atoms with Gasteiger partial charge in [-0.1, -0.05) is 0 Å². The molecule has 21 N–H and O–H groups in total. The number of carboxylic acids is 1. The van der Waals surface area contributed by atoms with Crippen LogP contribution < -0.4 is 21.3 Å². The lowest BCUT2D eigenvalue weighted by atomic mass is 9.88. The molecule has 0 aromatic carbocycles. The topological polar surface area (TPSA) is 595 Å². The Morgan fingerprint density at radius 1 is 0.671 bits per heavy atom. The minimum Gasteiger partial charge on any atom is -0.477 e. The van der Waals surface area contributed by atoms with Gasteiger partial charge in [-0.3, -0.25) is 23.7 Å². The number of hydrogen-bond acceptors (Lipinski definition) is 31. The SMILES string of the molecule is CC(=O)N[C@H]1[C@H](OC[C@@H](O)[C@H](O)[C@H](O[C@@H]2O[C@H](CO)[C@@H](O)[C@H](O)[C@H]2NC(C)=O)[C@H](CO)NC(C)=O)O[C@H](COS(=O)(=O)O)[C@@H](O[C@@H]2O[C@H](CO)[C@H](O)[C@H](O[C@]3(C(=O)O)C[C@H](O)[C@@H](NC(=O)CO)[C@H]([C@H](O)[C@H](O)CO)O3)[C@H]2O)[C@@H]1O. The van der Waals surface area contributed by atoms with Crippen molar-refractivity contribution in [1.82, 2.24) is 21.3 Å². The van der Waals surface area contributed by atoms with Crippen LogP contribution in [0.15, 0.2) is 0 Å². The molecule has 0 aromatic rings. The van der Waals surface area contributed by atoms with Gasteiger partial charge in [-0.05, 0) is 0 Å². The molecular weight excluding hydrogens is 1110 g/mol. The van der Waals surface area contributed by atoms with Crippen LogP contribution in [-0.4, -0.2) is 323 Å². The van der Waals surface area contributed by atoms with E-state index in [0.717, 1.165) is 20.8 Å². The molecular formula is C41H70N4O33S. The van der Waals surface area contributed by atoms with Crippen molar-refractivity contribution in [1.29, 1.82) is 0 Å². The van der Waals surface area contributed by atoms with Crippen LogP contribution in [0.25, 0.3) is 0 Å². The first-order valence-electron chi connectivity index (χ1n) is 23.9. The fourth-order valence-corrected chi connectivity index (χ4v) is 9.30. The van der Waals surface area contributed by atoms with Gasteiger partial charge in [0.05, 0.1) is 57.8 Å².